The van der Waals surface area contributed by atoms with Crippen molar-refractivity contribution in [2.24, 2.45) is 5.41 Å². The van der Waals surface area contributed by atoms with Crippen LogP contribution in [0.5, 0.6) is 11.5 Å². The largest absolute Gasteiger partial charge is 0.497 e. The zero-order valence-corrected chi connectivity index (χ0v) is 12.7. The van der Waals surface area contributed by atoms with Crippen LogP contribution in [0, 0.1) is 5.41 Å². The van der Waals surface area contributed by atoms with Crippen LogP contribution in [0.25, 0.3) is 0 Å². The minimum Gasteiger partial charge on any atom is -0.497 e. The lowest BCUT2D eigenvalue weighted by Crippen LogP contribution is -2.32. The average molecular weight is 295 g/mol. The summed E-state index contributed by atoms with van der Waals surface area (Å²) in [6, 6.07) is 4.89. The summed E-state index contributed by atoms with van der Waals surface area (Å²) in [5.74, 6) is -0.200. The molecule has 1 aromatic carbocycles. The molecule has 0 aromatic heterocycles. The average Bonchev–Trinajstić information content (AvgIpc) is 2.45. The summed E-state index contributed by atoms with van der Waals surface area (Å²) in [6.45, 7) is 3.51. The second-order valence-corrected chi connectivity index (χ2v) is 5.26. The summed E-state index contributed by atoms with van der Waals surface area (Å²) in [7, 11) is 3.00. The van der Waals surface area contributed by atoms with E-state index >= 15 is 0 Å². The van der Waals surface area contributed by atoms with Crippen molar-refractivity contribution < 1.29 is 24.2 Å². The Labute approximate surface area is 124 Å². The lowest BCUT2D eigenvalue weighted by atomic mass is 9.90. The van der Waals surface area contributed by atoms with Crippen molar-refractivity contribution in [2.75, 3.05) is 20.8 Å². The van der Waals surface area contributed by atoms with Crippen molar-refractivity contribution >= 4 is 11.9 Å². The minimum atomic E-state index is -0.890. The molecule has 2 N–H and O–H groups in total. The van der Waals surface area contributed by atoms with E-state index in [0.717, 1.165) is 0 Å². The molecule has 0 aliphatic carbocycles. The molecule has 1 amide bonds. The lowest BCUT2D eigenvalue weighted by Gasteiger charge is -2.19. The Bertz CT molecular complexity index is 525. The van der Waals surface area contributed by atoms with Crippen molar-refractivity contribution in [3.8, 4) is 11.5 Å². The number of aliphatic carboxylic acids is 1. The molecule has 0 aliphatic rings. The Morgan fingerprint density at radius 2 is 1.90 bits per heavy atom. The molecular weight excluding hydrogens is 274 g/mol. The molecule has 0 unspecified atom stereocenters. The molecule has 116 valence electrons. The molecule has 1 rings (SSSR count). The van der Waals surface area contributed by atoms with Crippen LogP contribution >= 0.6 is 0 Å². The molecule has 0 aliphatic heterocycles. The summed E-state index contributed by atoms with van der Waals surface area (Å²) in [5.41, 5.74) is -0.497. The molecule has 1 aromatic rings. The first-order valence-corrected chi connectivity index (χ1v) is 6.55. The highest BCUT2D eigenvalue weighted by atomic mass is 16.5. The number of hydrogen-bond acceptors (Lipinski definition) is 4. The minimum absolute atomic E-state index is 0.271. The van der Waals surface area contributed by atoms with Gasteiger partial charge in [0.15, 0.2) is 0 Å². The highest BCUT2D eigenvalue weighted by molar-refractivity contribution is 5.97. The van der Waals surface area contributed by atoms with Gasteiger partial charge in [-0.1, -0.05) is 0 Å². The zero-order valence-electron chi connectivity index (χ0n) is 12.7. The number of methoxy groups -OCH3 is 2. The van der Waals surface area contributed by atoms with Gasteiger partial charge in [0, 0.05) is 12.6 Å². The number of benzene rings is 1. The number of hydrogen-bond donors (Lipinski definition) is 2. The first-order chi connectivity index (χ1) is 9.81. The fraction of sp³-hybridized carbons (Fsp3) is 0.467. The normalized spacial score (nSPS) is 10.9. The number of nitrogens with one attached hydrogen (secondary N) is 1. The van der Waals surface area contributed by atoms with Gasteiger partial charge >= 0.3 is 5.97 Å². The molecule has 0 heterocycles. The van der Waals surface area contributed by atoms with Gasteiger partial charge in [0.25, 0.3) is 5.91 Å². The third-order valence-corrected chi connectivity index (χ3v) is 3.27. The summed E-state index contributed by atoms with van der Waals surface area (Å²) in [4.78, 5) is 23.1. The van der Waals surface area contributed by atoms with E-state index in [0.29, 0.717) is 23.5 Å². The quantitative estimate of drug-likeness (QED) is 0.803. The lowest BCUT2D eigenvalue weighted by molar-refractivity contribution is -0.147. The molecule has 0 saturated heterocycles. The van der Waals surface area contributed by atoms with Gasteiger partial charge in [-0.3, -0.25) is 9.59 Å². The Morgan fingerprint density at radius 1 is 1.24 bits per heavy atom. The first-order valence-electron chi connectivity index (χ1n) is 6.55. The van der Waals surface area contributed by atoms with E-state index < -0.39 is 11.4 Å². The number of carbonyl (C=O) groups excluding carboxylic acids is 1. The van der Waals surface area contributed by atoms with Crippen molar-refractivity contribution in [3.63, 3.8) is 0 Å². The second kappa shape index (κ2) is 6.97. The molecule has 0 fully saturated rings. The second-order valence-electron chi connectivity index (χ2n) is 5.26. The van der Waals surface area contributed by atoms with Crippen molar-refractivity contribution in [1.29, 1.82) is 0 Å². The Kier molecular flexibility index (Phi) is 5.58. The van der Waals surface area contributed by atoms with Gasteiger partial charge in [-0.05, 0) is 32.4 Å². The third-order valence-electron chi connectivity index (χ3n) is 3.27. The predicted molar refractivity (Wildman–Crippen MR) is 77.9 cm³/mol. The van der Waals surface area contributed by atoms with Crippen molar-refractivity contribution in [2.45, 2.75) is 20.3 Å². The van der Waals surface area contributed by atoms with Gasteiger partial charge < -0.3 is 19.9 Å². The molecule has 0 radical (unpaired) electrons. The number of carboxylic acid groups (broad SMARTS) is 1. The van der Waals surface area contributed by atoms with E-state index in [1.165, 1.54) is 14.2 Å². The Balaban J connectivity index is 2.70. The van der Waals surface area contributed by atoms with Gasteiger partial charge in [0.1, 0.15) is 11.5 Å². The van der Waals surface area contributed by atoms with Crippen molar-refractivity contribution in [3.05, 3.63) is 23.8 Å². The van der Waals surface area contributed by atoms with E-state index in [2.05, 4.69) is 5.32 Å². The fourth-order valence-electron chi connectivity index (χ4n) is 1.68. The van der Waals surface area contributed by atoms with E-state index in [4.69, 9.17) is 14.6 Å². The van der Waals surface area contributed by atoms with Crippen LogP contribution in [-0.2, 0) is 4.79 Å². The maximum Gasteiger partial charge on any atom is 0.309 e. The fourth-order valence-corrected chi connectivity index (χ4v) is 1.68. The molecule has 6 heteroatoms. The van der Waals surface area contributed by atoms with Crippen LogP contribution in [0.3, 0.4) is 0 Å². The number of rotatable bonds is 7. The summed E-state index contributed by atoms with van der Waals surface area (Å²) in [5, 5.41) is 11.7. The molecular formula is C15H21NO5. The number of carbonyl (C=O) groups is 2. The van der Waals surface area contributed by atoms with Crippen LogP contribution in [0.1, 0.15) is 30.6 Å². The standard InChI is InChI=1S/C15H21NO5/c1-15(2,14(18)19)7-8-16-13(17)11-6-5-10(20-3)9-12(11)21-4/h5-6,9H,7-8H2,1-4H3,(H,16,17)(H,18,19). The summed E-state index contributed by atoms with van der Waals surface area (Å²) < 4.78 is 10.2. The van der Waals surface area contributed by atoms with Gasteiger partial charge in [0.05, 0.1) is 25.2 Å². The van der Waals surface area contributed by atoms with Crippen LogP contribution in [0.2, 0.25) is 0 Å². The highest BCUT2D eigenvalue weighted by Gasteiger charge is 2.26. The highest BCUT2D eigenvalue weighted by Crippen LogP contribution is 2.24. The van der Waals surface area contributed by atoms with Crippen molar-refractivity contribution in [1.82, 2.24) is 5.32 Å². The molecule has 0 bridgehead atoms. The molecule has 0 spiro atoms. The van der Waals surface area contributed by atoms with Gasteiger partial charge in [0.2, 0.25) is 0 Å². The van der Waals surface area contributed by atoms with E-state index in [-0.39, 0.29) is 12.5 Å². The predicted octanol–water partition coefficient (Wildman–Crippen LogP) is 1.93. The number of amides is 1. The van der Waals surface area contributed by atoms with E-state index in [1.807, 2.05) is 0 Å². The summed E-state index contributed by atoms with van der Waals surface area (Å²) >= 11 is 0. The smallest absolute Gasteiger partial charge is 0.309 e. The Hall–Kier alpha value is -2.24. The zero-order chi connectivity index (χ0) is 16.0. The summed E-state index contributed by atoms with van der Waals surface area (Å²) in [6.07, 6.45) is 0.340. The number of ether oxygens (including phenoxy) is 2. The monoisotopic (exact) mass is 295 g/mol. The van der Waals surface area contributed by atoms with Crippen LogP contribution in [0.4, 0.5) is 0 Å². The topological polar surface area (TPSA) is 84.9 Å². The van der Waals surface area contributed by atoms with E-state index in [9.17, 15) is 9.59 Å². The van der Waals surface area contributed by atoms with Gasteiger partial charge in [-0.15, -0.1) is 0 Å². The third kappa shape index (κ3) is 4.37. The van der Waals surface area contributed by atoms with Crippen LogP contribution < -0.4 is 14.8 Å². The van der Waals surface area contributed by atoms with Gasteiger partial charge in [-0.25, -0.2) is 0 Å². The maximum atomic E-state index is 12.1. The maximum absolute atomic E-state index is 12.1. The molecule has 0 saturated carbocycles. The van der Waals surface area contributed by atoms with E-state index in [1.54, 1.807) is 32.0 Å². The molecule has 6 nitrogen and oxygen atoms in total. The number of carboxylic acids is 1. The SMILES string of the molecule is COc1ccc(C(=O)NCCC(C)(C)C(=O)O)c(OC)c1. The van der Waals surface area contributed by atoms with Gasteiger partial charge in [-0.2, -0.15) is 0 Å². The van der Waals surface area contributed by atoms with Crippen LogP contribution in [-0.4, -0.2) is 37.7 Å². The Morgan fingerprint density at radius 3 is 2.43 bits per heavy atom. The molecule has 21 heavy (non-hydrogen) atoms. The first kappa shape index (κ1) is 16.8. The van der Waals surface area contributed by atoms with Crippen LogP contribution in [0.15, 0.2) is 18.2 Å². The molecule has 0 atom stereocenters.